The number of hydrogen-bond acceptors (Lipinski definition) is 2. The van der Waals surface area contributed by atoms with Crippen molar-refractivity contribution in [2.24, 2.45) is 46.3 Å². The molecule has 4 rings (SSSR count). The van der Waals surface area contributed by atoms with Crippen molar-refractivity contribution in [1.82, 2.24) is 0 Å². The fourth-order valence-electron chi connectivity index (χ4n) is 8.90. The molecule has 0 aromatic heterocycles. The molecule has 31 heavy (non-hydrogen) atoms. The van der Waals surface area contributed by atoms with Crippen LogP contribution < -0.4 is 0 Å². The maximum absolute atomic E-state index is 5.85. The summed E-state index contributed by atoms with van der Waals surface area (Å²) in [4.78, 5) is 0. The van der Waals surface area contributed by atoms with E-state index in [2.05, 4.69) is 53.3 Å². The largest absolute Gasteiger partial charge is 0.475 e. The van der Waals surface area contributed by atoms with E-state index in [0.29, 0.717) is 15.2 Å². The molecular formula is C28H46OS2. The molecule has 4 aliphatic rings. The van der Waals surface area contributed by atoms with Crippen LogP contribution in [0.1, 0.15) is 105 Å². The number of fused-ring (bicyclic) bond motifs is 5. The smallest absolute Gasteiger partial charge is 0.217 e. The topological polar surface area (TPSA) is 9.23 Å². The third kappa shape index (κ3) is 4.53. The standard InChI is InChI=1S/C28H46OS2/c1-18(2)7-6-8-19(3)23-11-12-24-22-10-9-20-17-21(29-26(30)31)13-15-27(20,4)25(22)14-16-28(23,24)5/h9,18-19,21-25H,6-8,10-17H2,1-5H3,(H,30,31)/t19-,21?,22?,23-,24?,25?,27+,28-/m1/s1. The number of ether oxygens (including phenoxy) is 1. The highest BCUT2D eigenvalue weighted by atomic mass is 32.1. The Morgan fingerprint density at radius 1 is 1.10 bits per heavy atom. The van der Waals surface area contributed by atoms with Crippen LogP contribution in [0.4, 0.5) is 0 Å². The molecule has 0 aromatic carbocycles. The van der Waals surface area contributed by atoms with Crippen LogP contribution in [-0.4, -0.2) is 10.5 Å². The summed E-state index contributed by atoms with van der Waals surface area (Å²) in [7, 11) is 0. The van der Waals surface area contributed by atoms with Gasteiger partial charge in [0.25, 0.3) is 0 Å². The monoisotopic (exact) mass is 462 g/mol. The van der Waals surface area contributed by atoms with Crippen molar-refractivity contribution in [3.05, 3.63) is 11.6 Å². The Morgan fingerprint density at radius 3 is 2.58 bits per heavy atom. The highest BCUT2D eigenvalue weighted by Crippen LogP contribution is 2.67. The number of allylic oxidation sites excluding steroid dienone is 1. The molecule has 0 aliphatic heterocycles. The SMILES string of the molecule is CC(C)CCC[C@@H](C)[C@H]1CCC2C3CC=C4CC(OC(=S)S)CC[C@]4(C)C3CC[C@@]21C. The third-order valence-corrected chi connectivity index (χ3v) is 10.7. The second-order valence-electron chi connectivity index (χ2n) is 12.5. The lowest BCUT2D eigenvalue weighted by Crippen LogP contribution is -2.51. The van der Waals surface area contributed by atoms with Crippen LogP contribution in [0.2, 0.25) is 0 Å². The lowest BCUT2D eigenvalue weighted by Gasteiger charge is -2.58. The Balaban J connectivity index is 1.47. The maximum Gasteiger partial charge on any atom is 0.217 e. The molecule has 1 nitrogen and oxygen atoms in total. The van der Waals surface area contributed by atoms with Gasteiger partial charge in [-0.2, -0.15) is 0 Å². The van der Waals surface area contributed by atoms with Gasteiger partial charge in [-0.15, -0.1) is 0 Å². The number of rotatable bonds is 6. The summed E-state index contributed by atoms with van der Waals surface area (Å²) < 4.78 is 6.26. The summed E-state index contributed by atoms with van der Waals surface area (Å²) in [5, 5.41) is 0. The molecule has 0 radical (unpaired) electrons. The molecule has 0 aromatic rings. The summed E-state index contributed by atoms with van der Waals surface area (Å²) in [6, 6.07) is 0. The van der Waals surface area contributed by atoms with Crippen LogP contribution in [0.3, 0.4) is 0 Å². The van der Waals surface area contributed by atoms with E-state index in [-0.39, 0.29) is 6.10 Å². The zero-order chi connectivity index (χ0) is 22.4. The van der Waals surface area contributed by atoms with Crippen molar-refractivity contribution in [3.8, 4) is 0 Å². The van der Waals surface area contributed by atoms with Crippen molar-refractivity contribution in [3.63, 3.8) is 0 Å². The van der Waals surface area contributed by atoms with E-state index in [9.17, 15) is 0 Å². The van der Waals surface area contributed by atoms with Gasteiger partial charge in [0.2, 0.25) is 4.38 Å². The van der Waals surface area contributed by atoms with Gasteiger partial charge in [0, 0.05) is 6.42 Å². The van der Waals surface area contributed by atoms with E-state index in [4.69, 9.17) is 17.0 Å². The minimum absolute atomic E-state index is 0.247. The first-order valence-electron chi connectivity index (χ1n) is 13.2. The van der Waals surface area contributed by atoms with Crippen molar-refractivity contribution in [1.29, 1.82) is 0 Å². The van der Waals surface area contributed by atoms with Crippen molar-refractivity contribution in [2.45, 2.75) is 111 Å². The minimum atomic E-state index is 0.247. The molecule has 0 spiro atoms. The van der Waals surface area contributed by atoms with E-state index in [0.717, 1.165) is 48.3 Å². The first-order valence-corrected chi connectivity index (χ1v) is 14.1. The predicted octanol–water partition coefficient (Wildman–Crippen LogP) is 8.63. The Labute approximate surface area is 203 Å². The number of thiol groups is 1. The van der Waals surface area contributed by atoms with Gasteiger partial charge in [0.1, 0.15) is 6.10 Å². The molecule has 3 heteroatoms. The van der Waals surface area contributed by atoms with E-state index < -0.39 is 0 Å². The molecule has 4 aliphatic carbocycles. The molecule has 8 atom stereocenters. The van der Waals surface area contributed by atoms with Crippen LogP contribution in [0, 0.1) is 46.3 Å². The molecule has 0 heterocycles. The highest BCUT2D eigenvalue weighted by Gasteiger charge is 2.59. The summed E-state index contributed by atoms with van der Waals surface area (Å²) >= 11 is 9.32. The van der Waals surface area contributed by atoms with Gasteiger partial charge < -0.3 is 4.74 Å². The molecule has 3 fully saturated rings. The average molecular weight is 463 g/mol. The minimum Gasteiger partial charge on any atom is -0.475 e. The summed E-state index contributed by atoms with van der Waals surface area (Å²) in [6.45, 7) is 12.6. The van der Waals surface area contributed by atoms with Gasteiger partial charge in [-0.25, -0.2) is 0 Å². The lowest BCUT2D eigenvalue weighted by molar-refractivity contribution is -0.0561. The highest BCUT2D eigenvalue weighted by molar-refractivity contribution is 8.10. The molecule has 0 N–H and O–H groups in total. The van der Waals surface area contributed by atoms with Gasteiger partial charge in [0.15, 0.2) is 0 Å². The van der Waals surface area contributed by atoms with Crippen LogP contribution >= 0.6 is 24.8 Å². The Hall–Kier alpha value is -0.0200. The predicted molar refractivity (Wildman–Crippen MR) is 140 cm³/mol. The average Bonchev–Trinajstić information content (AvgIpc) is 3.05. The maximum atomic E-state index is 5.85. The van der Waals surface area contributed by atoms with Crippen molar-refractivity contribution >= 4 is 29.2 Å². The quantitative estimate of drug-likeness (QED) is 0.240. The Morgan fingerprint density at radius 2 is 1.87 bits per heavy atom. The zero-order valence-corrected chi connectivity index (χ0v) is 22.4. The molecule has 3 saturated carbocycles. The second-order valence-corrected chi connectivity index (χ2v) is 13.6. The van der Waals surface area contributed by atoms with E-state index >= 15 is 0 Å². The Bertz CT molecular complexity index is 699. The number of hydrogen-bond donors (Lipinski definition) is 1. The second kappa shape index (κ2) is 9.32. The van der Waals surface area contributed by atoms with Gasteiger partial charge >= 0.3 is 0 Å². The van der Waals surface area contributed by atoms with Crippen LogP contribution in [0.25, 0.3) is 0 Å². The molecule has 0 bridgehead atoms. The van der Waals surface area contributed by atoms with Gasteiger partial charge in [-0.05, 0) is 104 Å². The third-order valence-electron chi connectivity index (χ3n) is 10.5. The van der Waals surface area contributed by atoms with E-state index in [1.165, 1.54) is 57.8 Å². The number of thiocarbonyl (C=S) groups is 1. The summed E-state index contributed by atoms with van der Waals surface area (Å²) in [6.07, 6.45) is 17.8. The van der Waals surface area contributed by atoms with Crippen LogP contribution in [-0.2, 0) is 4.74 Å². The van der Waals surface area contributed by atoms with Gasteiger partial charge in [-0.1, -0.05) is 78.2 Å². The normalized spacial score (nSPS) is 42.9. The molecular weight excluding hydrogens is 416 g/mol. The summed E-state index contributed by atoms with van der Waals surface area (Å²) in [5.74, 6) is 5.42. The van der Waals surface area contributed by atoms with E-state index in [1.54, 1.807) is 5.57 Å². The Kier molecular flexibility index (Phi) is 7.25. The summed E-state index contributed by atoms with van der Waals surface area (Å²) in [5.41, 5.74) is 2.65. The molecule has 176 valence electrons. The first-order chi connectivity index (χ1) is 14.6. The van der Waals surface area contributed by atoms with Gasteiger partial charge in [0.05, 0.1) is 0 Å². The van der Waals surface area contributed by atoms with Crippen LogP contribution in [0.5, 0.6) is 0 Å². The fraction of sp³-hybridized carbons (Fsp3) is 0.893. The zero-order valence-electron chi connectivity index (χ0n) is 20.7. The van der Waals surface area contributed by atoms with Crippen LogP contribution in [0.15, 0.2) is 11.6 Å². The van der Waals surface area contributed by atoms with Crippen molar-refractivity contribution in [2.75, 3.05) is 0 Å². The lowest BCUT2D eigenvalue weighted by atomic mass is 9.47. The van der Waals surface area contributed by atoms with Crippen molar-refractivity contribution < 1.29 is 4.74 Å². The fourth-order valence-corrected chi connectivity index (χ4v) is 9.18. The molecule has 0 saturated heterocycles. The first kappa shape index (κ1) is 24.1. The van der Waals surface area contributed by atoms with E-state index in [1.807, 2.05) is 0 Å². The van der Waals surface area contributed by atoms with Gasteiger partial charge in [-0.3, -0.25) is 0 Å². The molecule has 0 amide bonds. The molecule has 4 unspecified atom stereocenters.